The Kier molecular flexibility index (Phi) is 9.74. The van der Waals surface area contributed by atoms with Crippen LogP contribution in [0.3, 0.4) is 0 Å². The molecule has 8 nitrogen and oxygen atoms in total. The summed E-state index contributed by atoms with van der Waals surface area (Å²) < 4.78 is 16.3. The first-order valence-corrected chi connectivity index (χ1v) is 12.7. The second-order valence-corrected chi connectivity index (χ2v) is 9.08. The quantitative estimate of drug-likeness (QED) is 0.374. The van der Waals surface area contributed by atoms with Crippen LogP contribution in [0.5, 0.6) is 5.75 Å². The second kappa shape index (κ2) is 13.6. The third-order valence-corrected chi connectivity index (χ3v) is 6.43. The summed E-state index contributed by atoms with van der Waals surface area (Å²) in [5.41, 5.74) is 1.51. The largest absolute Gasteiger partial charge is 0.497 e. The van der Waals surface area contributed by atoms with Crippen molar-refractivity contribution in [3.05, 3.63) is 89.9 Å². The fraction of sp³-hybridized carbons (Fsp3) is 0.379. The fourth-order valence-corrected chi connectivity index (χ4v) is 4.39. The number of ether oxygens (including phenoxy) is 2. The Labute approximate surface area is 218 Å². The van der Waals surface area contributed by atoms with Gasteiger partial charge in [0, 0.05) is 38.3 Å². The van der Waals surface area contributed by atoms with Crippen LogP contribution in [-0.4, -0.2) is 79.6 Å². The molecule has 8 heteroatoms. The first kappa shape index (κ1) is 26.4. The van der Waals surface area contributed by atoms with Crippen molar-refractivity contribution < 1.29 is 23.5 Å². The van der Waals surface area contributed by atoms with E-state index in [1.807, 2.05) is 42.5 Å². The van der Waals surface area contributed by atoms with E-state index in [-0.39, 0.29) is 18.4 Å². The average molecular weight is 506 g/mol. The number of furan rings is 1. The van der Waals surface area contributed by atoms with Crippen LogP contribution in [0.1, 0.15) is 28.1 Å². The van der Waals surface area contributed by atoms with Gasteiger partial charge in [-0.1, -0.05) is 36.4 Å². The molecule has 37 heavy (non-hydrogen) atoms. The molecule has 0 spiro atoms. The normalized spacial score (nSPS) is 13.8. The van der Waals surface area contributed by atoms with Crippen LogP contribution in [0.25, 0.3) is 0 Å². The van der Waals surface area contributed by atoms with E-state index in [0.717, 1.165) is 44.8 Å². The Hall–Kier alpha value is -3.62. The summed E-state index contributed by atoms with van der Waals surface area (Å²) in [6.07, 6.45) is 2.37. The Balaban J connectivity index is 1.49. The molecule has 1 aromatic heterocycles. The zero-order valence-corrected chi connectivity index (χ0v) is 21.4. The van der Waals surface area contributed by atoms with Gasteiger partial charge in [-0.05, 0) is 42.3 Å². The summed E-state index contributed by atoms with van der Waals surface area (Å²) in [5, 5.41) is 0. The van der Waals surface area contributed by atoms with Gasteiger partial charge in [-0.15, -0.1) is 0 Å². The highest BCUT2D eigenvalue weighted by Crippen LogP contribution is 2.17. The summed E-state index contributed by atoms with van der Waals surface area (Å²) in [6, 6.07) is 20.6. The van der Waals surface area contributed by atoms with Crippen molar-refractivity contribution in [3.8, 4) is 5.75 Å². The number of nitrogens with zero attached hydrogens (tertiary/aromatic N) is 3. The van der Waals surface area contributed by atoms with Crippen LogP contribution in [0.4, 0.5) is 0 Å². The molecule has 0 aliphatic carbocycles. The molecule has 2 heterocycles. The topological polar surface area (TPSA) is 75.5 Å². The summed E-state index contributed by atoms with van der Waals surface area (Å²) in [6.45, 7) is 5.28. The van der Waals surface area contributed by atoms with E-state index in [2.05, 4.69) is 4.90 Å². The van der Waals surface area contributed by atoms with Crippen molar-refractivity contribution in [1.82, 2.24) is 14.7 Å². The Morgan fingerprint density at radius 3 is 2.49 bits per heavy atom. The molecule has 1 saturated heterocycles. The molecule has 196 valence electrons. The number of carbonyl (C=O) groups is 2. The van der Waals surface area contributed by atoms with E-state index in [9.17, 15) is 9.59 Å². The van der Waals surface area contributed by atoms with Crippen molar-refractivity contribution in [3.63, 3.8) is 0 Å². The van der Waals surface area contributed by atoms with E-state index in [4.69, 9.17) is 13.9 Å². The molecule has 1 fully saturated rings. The maximum absolute atomic E-state index is 13.6. The standard InChI is InChI=1S/C29H35N3O5/c1-35-26-11-5-10-25(20-26)29(34)31(14-7-13-30-15-18-36-19-16-30)23-28(33)32(22-27-12-6-17-37-27)21-24-8-3-2-4-9-24/h2-6,8-12,17,20H,7,13-16,18-19,21-23H2,1H3. The van der Waals surface area contributed by atoms with Gasteiger partial charge < -0.3 is 23.7 Å². The summed E-state index contributed by atoms with van der Waals surface area (Å²) in [7, 11) is 1.57. The van der Waals surface area contributed by atoms with E-state index >= 15 is 0 Å². The molecule has 3 aromatic rings. The van der Waals surface area contributed by atoms with Crippen molar-refractivity contribution in [2.45, 2.75) is 19.5 Å². The third kappa shape index (κ3) is 7.93. The first-order chi connectivity index (χ1) is 18.1. The summed E-state index contributed by atoms with van der Waals surface area (Å²) in [4.78, 5) is 32.9. The molecule has 2 amide bonds. The molecular weight excluding hydrogens is 470 g/mol. The number of methoxy groups -OCH3 is 1. The molecule has 0 unspecified atom stereocenters. The molecule has 0 bridgehead atoms. The van der Waals surface area contributed by atoms with Gasteiger partial charge >= 0.3 is 0 Å². The smallest absolute Gasteiger partial charge is 0.254 e. The molecule has 2 aromatic carbocycles. The number of amides is 2. The SMILES string of the molecule is COc1cccc(C(=O)N(CCCN2CCOCC2)CC(=O)N(Cc2ccccc2)Cc2ccco2)c1. The predicted molar refractivity (Wildman–Crippen MR) is 140 cm³/mol. The highest BCUT2D eigenvalue weighted by atomic mass is 16.5. The molecule has 0 N–H and O–H groups in total. The minimum absolute atomic E-state index is 0.0211. The molecule has 4 rings (SSSR count). The molecule has 0 saturated carbocycles. The lowest BCUT2D eigenvalue weighted by Crippen LogP contribution is -2.44. The van der Waals surface area contributed by atoms with Crippen molar-refractivity contribution in [2.75, 3.05) is 53.0 Å². The predicted octanol–water partition coefficient (Wildman–Crippen LogP) is 3.68. The Bertz CT molecular complexity index is 1110. The highest BCUT2D eigenvalue weighted by molar-refractivity contribution is 5.96. The maximum atomic E-state index is 13.6. The lowest BCUT2D eigenvalue weighted by Gasteiger charge is -2.30. The number of morpholine rings is 1. The van der Waals surface area contributed by atoms with E-state index in [0.29, 0.717) is 36.7 Å². The monoisotopic (exact) mass is 505 g/mol. The summed E-state index contributed by atoms with van der Waals surface area (Å²) in [5.74, 6) is 0.978. The third-order valence-electron chi connectivity index (χ3n) is 6.43. The molecular formula is C29H35N3O5. The van der Waals surface area contributed by atoms with Gasteiger partial charge in [-0.25, -0.2) is 0 Å². The highest BCUT2D eigenvalue weighted by Gasteiger charge is 2.24. The maximum Gasteiger partial charge on any atom is 0.254 e. The van der Waals surface area contributed by atoms with Crippen LogP contribution >= 0.6 is 0 Å². The van der Waals surface area contributed by atoms with E-state index in [1.54, 1.807) is 47.4 Å². The number of carbonyl (C=O) groups excluding carboxylic acids is 2. The van der Waals surface area contributed by atoms with Gasteiger partial charge in [0.2, 0.25) is 5.91 Å². The van der Waals surface area contributed by atoms with Crippen LogP contribution in [-0.2, 0) is 22.6 Å². The molecule has 0 radical (unpaired) electrons. The summed E-state index contributed by atoms with van der Waals surface area (Å²) >= 11 is 0. The van der Waals surface area contributed by atoms with Gasteiger partial charge in [-0.3, -0.25) is 14.5 Å². The first-order valence-electron chi connectivity index (χ1n) is 12.7. The number of benzene rings is 2. The molecule has 0 atom stereocenters. The fourth-order valence-electron chi connectivity index (χ4n) is 4.39. The van der Waals surface area contributed by atoms with E-state index < -0.39 is 0 Å². The van der Waals surface area contributed by atoms with Crippen LogP contribution < -0.4 is 4.74 Å². The van der Waals surface area contributed by atoms with Crippen molar-refractivity contribution in [1.29, 1.82) is 0 Å². The number of hydrogen-bond donors (Lipinski definition) is 0. The lowest BCUT2D eigenvalue weighted by molar-refractivity contribution is -0.133. The second-order valence-electron chi connectivity index (χ2n) is 9.08. The molecule has 1 aliphatic heterocycles. The van der Waals surface area contributed by atoms with Gasteiger partial charge in [0.05, 0.1) is 33.1 Å². The zero-order chi connectivity index (χ0) is 25.9. The van der Waals surface area contributed by atoms with Crippen LogP contribution in [0, 0.1) is 0 Å². The number of hydrogen-bond acceptors (Lipinski definition) is 6. The minimum atomic E-state index is -0.188. The van der Waals surface area contributed by atoms with Crippen molar-refractivity contribution in [2.24, 2.45) is 0 Å². The van der Waals surface area contributed by atoms with Crippen LogP contribution in [0.15, 0.2) is 77.4 Å². The Morgan fingerprint density at radius 2 is 1.76 bits per heavy atom. The molecule has 1 aliphatic rings. The van der Waals surface area contributed by atoms with E-state index in [1.165, 1.54) is 0 Å². The zero-order valence-electron chi connectivity index (χ0n) is 21.4. The van der Waals surface area contributed by atoms with Gasteiger partial charge in [0.25, 0.3) is 5.91 Å². The minimum Gasteiger partial charge on any atom is -0.497 e. The number of rotatable bonds is 12. The van der Waals surface area contributed by atoms with Crippen molar-refractivity contribution >= 4 is 11.8 Å². The van der Waals surface area contributed by atoms with Gasteiger partial charge in [-0.2, -0.15) is 0 Å². The Morgan fingerprint density at radius 1 is 0.946 bits per heavy atom. The average Bonchev–Trinajstić information content (AvgIpc) is 3.46. The van der Waals surface area contributed by atoms with Crippen LogP contribution in [0.2, 0.25) is 0 Å². The lowest BCUT2D eigenvalue weighted by atomic mass is 10.1. The van der Waals surface area contributed by atoms with Gasteiger partial charge in [0.1, 0.15) is 18.1 Å². The van der Waals surface area contributed by atoms with Gasteiger partial charge in [0.15, 0.2) is 0 Å².